The molecule has 0 bridgehead atoms. The first-order valence-electron chi connectivity index (χ1n) is 4.65. The van der Waals surface area contributed by atoms with Crippen molar-refractivity contribution < 1.29 is 44.6 Å². The van der Waals surface area contributed by atoms with Crippen LogP contribution in [-0.2, 0) is 4.79 Å². The van der Waals surface area contributed by atoms with Gasteiger partial charge in [0, 0.05) is 5.97 Å². The van der Waals surface area contributed by atoms with E-state index in [1.807, 2.05) is 6.08 Å². The summed E-state index contributed by atoms with van der Waals surface area (Å²) in [7, 11) is 0. The van der Waals surface area contributed by atoms with Crippen LogP contribution in [0.25, 0.3) is 0 Å². The molecule has 0 rings (SSSR count). The van der Waals surface area contributed by atoms with Crippen LogP contribution in [0.15, 0.2) is 12.7 Å². The fourth-order valence-electron chi connectivity index (χ4n) is 1.12. The van der Waals surface area contributed by atoms with E-state index in [0.717, 1.165) is 19.3 Å². The molecule has 14 heavy (non-hydrogen) atoms. The molecule has 0 aromatic heterocycles. The van der Waals surface area contributed by atoms with Gasteiger partial charge in [0.05, 0.1) is 6.10 Å². The van der Waals surface area contributed by atoms with E-state index in [1.54, 1.807) is 0 Å². The minimum Gasteiger partial charge on any atom is -0.550 e. The molecule has 0 heterocycles. The number of rotatable bonds is 8. The second-order valence-electron chi connectivity index (χ2n) is 3.14. The van der Waals surface area contributed by atoms with Gasteiger partial charge in [-0.25, -0.2) is 0 Å². The van der Waals surface area contributed by atoms with E-state index in [9.17, 15) is 15.0 Å². The zero-order valence-corrected chi connectivity index (χ0v) is 10.9. The molecule has 0 saturated heterocycles. The van der Waals surface area contributed by atoms with Crippen molar-refractivity contribution in [1.29, 1.82) is 0 Å². The van der Waals surface area contributed by atoms with Crippen LogP contribution in [0.2, 0.25) is 0 Å². The topological polar surface area (TPSA) is 60.4 Å². The van der Waals surface area contributed by atoms with Crippen molar-refractivity contribution in [2.24, 2.45) is 0 Å². The van der Waals surface area contributed by atoms with Crippen molar-refractivity contribution in [1.82, 2.24) is 0 Å². The molecule has 0 aliphatic rings. The predicted molar refractivity (Wildman–Crippen MR) is 48.9 cm³/mol. The van der Waals surface area contributed by atoms with Crippen LogP contribution in [0.1, 0.15) is 38.5 Å². The third-order valence-corrected chi connectivity index (χ3v) is 1.86. The maximum absolute atomic E-state index is 10.0. The fourth-order valence-corrected chi connectivity index (χ4v) is 1.12. The molecule has 0 spiro atoms. The van der Waals surface area contributed by atoms with Gasteiger partial charge in [-0.05, 0) is 38.5 Å². The Hall–Kier alpha value is 0.170. The van der Waals surface area contributed by atoms with E-state index in [2.05, 4.69) is 6.58 Å². The van der Waals surface area contributed by atoms with Gasteiger partial charge < -0.3 is 15.0 Å². The van der Waals surface area contributed by atoms with Crippen molar-refractivity contribution >= 4 is 5.97 Å². The number of aliphatic carboxylic acids is 1. The predicted octanol–water partition coefficient (Wildman–Crippen LogP) is -2.37. The molecule has 76 valence electrons. The molecule has 0 fully saturated rings. The minimum absolute atomic E-state index is 0. The molecule has 4 heteroatoms. The Bertz CT molecular complexity index is 159. The molecular formula is C10H17NaO3. The third kappa shape index (κ3) is 12.2. The smallest absolute Gasteiger partial charge is 0.550 e. The summed E-state index contributed by atoms with van der Waals surface area (Å²) in [6, 6.07) is 0. The maximum atomic E-state index is 10.0. The SMILES string of the molecule is C=CCCCC(O)CCCC(=O)[O-].[Na+]. The first-order chi connectivity index (χ1) is 6.16. The summed E-state index contributed by atoms with van der Waals surface area (Å²) >= 11 is 0. The molecule has 0 aliphatic carbocycles. The summed E-state index contributed by atoms with van der Waals surface area (Å²) < 4.78 is 0. The number of unbranched alkanes of at least 4 members (excludes halogenated alkanes) is 1. The summed E-state index contributed by atoms with van der Waals surface area (Å²) in [6.07, 6.45) is 5.06. The molecule has 0 radical (unpaired) electrons. The van der Waals surface area contributed by atoms with Gasteiger partial charge in [-0.15, -0.1) is 6.58 Å². The molecule has 0 saturated carbocycles. The number of hydrogen-bond acceptors (Lipinski definition) is 3. The van der Waals surface area contributed by atoms with Gasteiger partial charge in [-0.1, -0.05) is 6.08 Å². The Morgan fingerprint density at radius 3 is 2.50 bits per heavy atom. The van der Waals surface area contributed by atoms with Crippen LogP contribution in [0, 0.1) is 0 Å². The van der Waals surface area contributed by atoms with Gasteiger partial charge in [0.1, 0.15) is 0 Å². The summed E-state index contributed by atoms with van der Waals surface area (Å²) in [4.78, 5) is 10.0. The summed E-state index contributed by atoms with van der Waals surface area (Å²) in [5, 5.41) is 19.4. The quantitative estimate of drug-likeness (QED) is 0.275. The number of aliphatic hydroxyl groups excluding tert-OH is 1. The van der Waals surface area contributed by atoms with Crippen molar-refractivity contribution in [3.8, 4) is 0 Å². The molecule has 0 aromatic carbocycles. The van der Waals surface area contributed by atoms with Gasteiger partial charge in [0.2, 0.25) is 0 Å². The van der Waals surface area contributed by atoms with Gasteiger partial charge in [-0.2, -0.15) is 0 Å². The molecule has 1 N–H and O–H groups in total. The summed E-state index contributed by atoms with van der Waals surface area (Å²) in [6.45, 7) is 3.58. The molecule has 0 aromatic rings. The van der Waals surface area contributed by atoms with E-state index in [0.29, 0.717) is 12.8 Å². The number of carboxylic acids is 1. The first kappa shape index (κ1) is 16.6. The number of carbonyl (C=O) groups is 1. The number of hydrogen-bond donors (Lipinski definition) is 1. The molecule has 3 nitrogen and oxygen atoms in total. The summed E-state index contributed by atoms with van der Waals surface area (Å²) in [5.41, 5.74) is 0. The average molecular weight is 208 g/mol. The molecular weight excluding hydrogens is 191 g/mol. The van der Waals surface area contributed by atoms with Gasteiger partial charge in [-0.3, -0.25) is 0 Å². The van der Waals surface area contributed by atoms with E-state index < -0.39 is 5.97 Å². The van der Waals surface area contributed by atoms with Crippen LogP contribution < -0.4 is 34.7 Å². The molecule has 1 atom stereocenters. The van der Waals surface area contributed by atoms with Crippen LogP contribution >= 0.6 is 0 Å². The normalized spacial score (nSPS) is 11.5. The molecule has 1 unspecified atom stereocenters. The van der Waals surface area contributed by atoms with E-state index in [1.165, 1.54) is 0 Å². The Kier molecular flexibility index (Phi) is 13.3. The van der Waals surface area contributed by atoms with Gasteiger partial charge >= 0.3 is 29.6 Å². The minimum atomic E-state index is -1.04. The Morgan fingerprint density at radius 2 is 2.00 bits per heavy atom. The van der Waals surface area contributed by atoms with Gasteiger partial charge in [0.15, 0.2) is 0 Å². The van der Waals surface area contributed by atoms with Crippen molar-refractivity contribution in [2.75, 3.05) is 0 Å². The second kappa shape index (κ2) is 11.2. The number of carboxylic acid groups (broad SMARTS) is 1. The largest absolute Gasteiger partial charge is 1.00 e. The second-order valence-corrected chi connectivity index (χ2v) is 3.14. The maximum Gasteiger partial charge on any atom is 1.00 e. The van der Waals surface area contributed by atoms with Crippen LogP contribution in [0.3, 0.4) is 0 Å². The standard InChI is InChI=1S/C10H18O3.Na/c1-2-3-4-6-9(11)7-5-8-10(12)13;/h2,9,11H,1,3-8H2,(H,12,13);/q;+1/p-1. The fraction of sp³-hybridized carbons (Fsp3) is 0.700. The van der Waals surface area contributed by atoms with Gasteiger partial charge in [0.25, 0.3) is 0 Å². The van der Waals surface area contributed by atoms with Crippen molar-refractivity contribution in [3.05, 3.63) is 12.7 Å². The molecule has 0 amide bonds. The van der Waals surface area contributed by atoms with E-state index >= 15 is 0 Å². The van der Waals surface area contributed by atoms with E-state index in [-0.39, 0.29) is 42.1 Å². The zero-order valence-electron chi connectivity index (χ0n) is 8.87. The van der Waals surface area contributed by atoms with Crippen molar-refractivity contribution in [3.63, 3.8) is 0 Å². The number of allylic oxidation sites excluding steroid dienone is 1. The van der Waals surface area contributed by atoms with E-state index in [4.69, 9.17) is 0 Å². The van der Waals surface area contributed by atoms with Crippen LogP contribution in [0.5, 0.6) is 0 Å². The third-order valence-electron chi connectivity index (χ3n) is 1.86. The number of carbonyl (C=O) groups excluding carboxylic acids is 1. The monoisotopic (exact) mass is 208 g/mol. The zero-order chi connectivity index (χ0) is 10.1. The van der Waals surface area contributed by atoms with Crippen LogP contribution in [-0.4, -0.2) is 17.2 Å². The Morgan fingerprint density at radius 1 is 1.43 bits per heavy atom. The van der Waals surface area contributed by atoms with Crippen molar-refractivity contribution in [2.45, 2.75) is 44.6 Å². The Balaban J connectivity index is 0. The first-order valence-corrected chi connectivity index (χ1v) is 4.65. The Labute approximate surface area is 107 Å². The number of aliphatic hydroxyl groups is 1. The molecule has 0 aliphatic heterocycles. The summed E-state index contributed by atoms with van der Waals surface area (Å²) in [5.74, 6) is -1.04. The van der Waals surface area contributed by atoms with Crippen LogP contribution in [0.4, 0.5) is 0 Å². The average Bonchev–Trinajstić information content (AvgIpc) is 2.04.